The van der Waals surface area contributed by atoms with Crippen molar-refractivity contribution in [1.82, 2.24) is 0 Å². The molecule has 0 aromatic carbocycles. The molecule has 0 bridgehead atoms. The van der Waals surface area contributed by atoms with E-state index in [9.17, 15) is 0 Å². The maximum absolute atomic E-state index is 7.75. The van der Waals surface area contributed by atoms with Gasteiger partial charge in [-0.25, -0.2) is 0 Å². The summed E-state index contributed by atoms with van der Waals surface area (Å²) in [5, 5.41) is 0. The second-order valence-corrected chi connectivity index (χ2v) is 3.37. The van der Waals surface area contributed by atoms with Crippen molar-refractivity contribution in [2.45, 2.75) is 41.5 Å². The van der Waals surface area contributed by atoms with Crippen molar-refractivity contribution in [3.63, 3.8) is 0 Å². The van der Waals surface area contributed by atoms with Gasteiger partial charge in [0, 0.05) is 49.8 Å². The Morgan fingerprint density at radius 3 is 0.737 bits per heavy atom. The van der Waals surface area contributed by atoms with E-state index in [1.165, 1.54) is 0 Å². The van der Waals surface area contributed by atoms with Gasteiger partial charge in [-0.3, -0.25) is 20.4 Å². The summed E-state index contributed by atoms with van der Waals surface area (Å²) in [5.74, 6) is 1.17. The van der Waals surface area contributed by atoms with E-state index >= 15 is 0 Å². The fourth-order valence-corrected chi connectivity index (χ4v) is 0. The van der Waals surface area contributed by atoms with E-state index in [0.717, 1.165) is 0 Å². The summed E-state index contributed by atoms with van der Waals surface area (Å²) < 4.78 is 0. The van der Waals surface area contributed by atoms with Gasteiger partial charge in [0.05, 0.1) is 0 Å². The van der Waals surface area contributed by atoms with Gasteiger partial charge in [0.2, 0.25) is 0 Å². The largest absolute Gasteiger partial charge is 0.545 e. The Hall–Kier alpha value is 0.633. The summed E-state index contributed by atoms with van der Waals surface area (Å²) in [7, 11) is 0. The molecule has 0 aromatic rings. The van der Waals surface area contributed by atoms with Crippen molar-refractivity contribution in [2.75, 3.05) is 0 Å². The van der Waals surface area contributed by atoms with E-state index in [0.29, 0.717) is 11.8 Å². The van der Waals surface area contributed by atoms with Crippen LogP contribution in [0, 0.1) is 32.1 Å². The number of hydrogen-bond donors (Lipinski definition) is 0. The molecule has 0 aliphatic rings. The van der Waals surface area contributed by atoms with Crippen molar-refractivity contribution in [2.24, 2.45) is 11.8 Å². The Labute approximate surface area is 157 Å². The van der Waals surface area contributed by atoms with Crippen molar-refractivity contribution < 1.29 is 64.2 Å². The molecular weight excluding hydrogens is 360 g/mol. The molecule has 0 saturated heterocycles. The molecule has 118 valence electrons. The van der Waals surface area contributed by atoms with Crippen molar-refractivity contribution >= 4 is 20.4 Å². The normalized spacial score (nSPS) is 5.37. The molecule has 19 heavy (non-hydrogen) atoms. The van der Waals surface area contributed by atoms with Gasteiger partial charge < -0.3 is 34.7 Å². The second-order valence-electron chi connectivity index (χ2n) is 3.37. The molecule has 0 amide bonds. The molecule has 0 atom stereocenters. The van der Waals surface area contributed by atoms with Gasteiger partial charge in [0.1, 0.15) is 0 Å². The number of rotatable bonds is 0. The Bertz CT molecular complexity index is 68.8. The molecule has 0 saturated carbocycles. The first-order valence-electron chi connectivity index (χ1n) is 4.99. The Morgan fingerprint density at radius 2 is 0.737 bits per heavy atom. The molecule has 0 spiro atoms. The summed E-state index contributed by atoms with van der Waals surface area (Å²) in [4.78, 5) is 23.2. The molecule has 0 fully saturated rings. The third-order valence-corrected chi connectivity index (χ3v) is 0. The van der Waals surface area contributed by atoms with Gasteiger partial charge in [-0.05, 0) is 0 Å². The molecular formula is C14H28MnO3Y-6. The third kappa shape index (κ3) is 12900. The SMILES string of the molecule is C[CH-]C.[CH-]=O.[CH-]=O.[CH-]=O.[CH2-]C(C)C.[CH2-]C(C)C.[Mn].[Y]. The molecule has 0 heterocycles. The van der Waals surface area contributed by atoms with Crippen LogP contribution in [0.5, 0.6) is 0 Å². The maximum Gasteiger partial charge on any atom is 0 e. The van der Waals surface area contributed by atoms with E-state index in [4.69, 9.17) is 14.4 Å². The molecule has 0 aromatic heterocycles. The number of hydrogen-bond acceptors (Lipinski definition) is 3. The predicted molar refractivity (Wildman–Crippen MR) is 76.3 cm³/mol. The smallest absolute Gasteiger partial charge is 0 e. The van der Waals surface area contributed by atoms with Crippen LogP contribution in [-0.2, 0) is 64.2 Å². The minimum absolute atomic E-state index is 0. The van der Waals surface area contributed by atoms with Crippen LogP contribution in [0.1, 0.15) is 41.5 Å². The first-order chi connectivity index (χ1) is 7.88. The fourth-order valence-electron chi connectivity index (χ4n) is 0. The Morgan fingerprint density at radius 1 is 0.737 bits per heavy atom. The summed E-state index contributed by atoms with van der Waals surface area (Å²) in [6.07, 6.45) is 2.00. The van der Waals surface area contributed by atoms with Crippen LogP contribution >= 0.6 is 0 Å². The Kier molecular flexibility index (Phi) is 264. The summed E-state index contributed by atoms with van der Waals surface area (Å²) in [6, 6.07) is 0. The average Bonchev–Trinajstić information content (AvgIpc) is 2.25. The van der Waals surface area contributed by atoms with E-state index in [1.54, 1.807) is 0 Å². The number of carbonyl (C=O) groups excluding carboxylic acids is 3. The van der Waals surface area contributed by atoms with Crippen LogP contribution in [0.25, 0.3) is 0 Å². The maximum atomic E-state index is 7.75. The summed E-state index contributed by atoms with van der Waals surface area (Å²) >= 11 is 0. The van der Waals surface area contributed by atoms with Crippen molar-refractivity contribution in [1.29, 1.82) is 0 Å². The monoisotopic (exact) mass is 388 g/mol. The van der Waals surface area contributed by atoms with Gasteiger partial charge in [-0.2, -0.15) is 25.7 Å². The standard InChI is InChI=1S/2C4H9.C3H7.3CHO.Mn.Y/c2*1-4(2)3;1-3-2;3*1-2;;/h2*4H,1H2,2-3H3;3H,1-2H3;3*1H;;/q6*-1;;. The van der Waals surface area contributed by atoms with Gasteiger partial charge in [-0.15, -0.1) is 0 Å². The van der Waals surface area contributed by atoms with Crippen LogP contribution < -0.4 is 0 Å². The molecule has 0 unspecified atom stereocenters. The quantitative estimate of drug-likeness (QED) is 0.363. The molecule has 5 heteroatoms. The topological polar surface area (TPSA) is 51.2 Å². The van der Waals surface area contributed by atoms with Crippen molar-refractivity contribution in [3.8, 4) is 0 Å². The molecule has 0 aliphatic carbocycles. The van der Waals surface area contributed by atoms with Crippen LogP contribution in [-0.4, -0.2) is 20.4 Å². The Balaban J connectivity index is -0.0000000129. The van der Waals surface area contributed by atoms with Crippen molar-refractivity contribution in [3.05, 3.63) is 20.3 Å². The molecule has 0 aliphatic heterocycles. The van der Waals surface area contributed by atoms with Gasteiger partial charge in [-0.1, -0.05) is 27.7 Å². The first kappa shape index (κ1) is 50.4. The van der Waals surface area contributed by atoms with Crippen LogP contribution in [0.2, 0.25) is 0 Å². The molecule has 3 nitrogen and oxygen atoms in total. The van der Waals surface area contributed by atoms with E-state index in [-0.39, 0.29) is 49.8 Å². The fraction of sp³-hybridized carbons (Fsp3) is 0.571. The molecule has 0 rings (SSSR count). The van der Waals surface area contributed by atoms with E-state index in [1.807, 2.05) is 20.3 Å². The second kappa shape index (κ2) is 99.4. The van der Waals surface area contributed by atoms with Gasteiger partial charge >= 0.3 is 0 Å². The molecule has 0 N–H and O–H groups in total. The first-order valence-corrected chi connectivity index (χ1v) is 4.99. The zero-order valence-corrected chi connectivity index (χ0v) is 17.1. The zero-order valence-electron chi connectivity index (χ0n) is 13.1. The summed E-state index contributed by atoms with van der Waals surface area (Å²) in [5.41, 5.74) is 0. The van der Waals surface area contributed by atoms with Crippen LogP contribution in [0.15, 0.2) is 0 Å². The van der Waals surface area contributed by atoms with Crippen LogP contribution in [0.4, 0.5) is 0 Å². The average molecular weight is 388 g/mol. The molecule has 2 radical (unpaired) electrons. The predicted octanol–water partition coefficient (Wildman–Crippen LogP) is 3.36. The minimum Gasteiger partial charge on any atom is -0.545 e. The van der Waals surface area contributed by atoms with E-state index < -0.39 is 0 Å². The van der Waals surface area contributed by atoms with Crippen LogP contribution in [0.3, 0.4) is 0 Å². The third-order valence-electron chi connectivity index (χ3n) is 0. The van der Waals surface area contributed by atoms with Gasteiger partial charge in [0.15, 0.2) is 0 Å². The summed E-state index contributed by atoms with van der Waals surface area (Å²) in [6.45, 7) is 29.2. The van der Waals surface area contributed by atoms with E-state index in [2.05, 4.69) is 61.9 Å². The minimum atomic E-state index is 0. The van der Waals surface area contributed by atoms with Gasteiger partial charge in [0.25, 0.3) is 0 Å². The zero-order chi connectivity index (χ0) is 15.9.